The van der Waals surface area contributed by atoms with E-state index in [0.717, 1.165) is 25.9 Å². The Labute approximate surface area is 178 Å². The Kier molecular flexibility index (Phi) is 6.35. The van der Waals surface area contributed by atoms with Crippen molar-refractivity contribution < 1.29 is 9.53 Å². The van der Waals surface area contributed by atoms with Crippen LogP contribution in [0.4, 0.5) is 22.2 Å². The Balaban J connectivity index is 1.44. The first kappa shape index (κ1) is 20.4. The van der Waals surface area contributed by atoms with Gasteiger partial charge in [-0.1, -0.05) is 25.5 Å². The zero-order valence-corrected chi connectivity index (χ0v) is 17.9. The first-order chi connectivity index (χ1) is 14.7. The van der Waals surface area contributed by atoms with Crippen molar-refractivity contribution in [3.8, 4) is 0 Å². The van der Waals surface area contributed by atoms with E-state index in [0.29, 0.717) is 18.4 Å². The van der Waals surface area contributed by atoms with Crippen molar-refractivity contribution in [3.63, 3.8) is 0 Å². The van der Waals surface area contributed by atoms with Gasteiger partial charge >= 0.3 is 6.09 Å². The molecule has 4 rings (SSSR count). The minimum absolute atomic E-state index is 0.0324. The fraction of sp³-hybridized carbons (Fsp3) is 0.522. The van der Waals surface area contributed by atoms with Gasteiger partial charge in [-0.25, -0.2) is 9.78 Å². The molecule has 1 aromatic carbocycles. The summed E-state index contributed by atoms with van der Waals surface area (Å²) in [4.78, 5) is 25.2. The first-order valence-electron chi connectivity index (χ1n) is 11.1. The maximum absolute atomic E-state index is 12.2. The quantitative estimate of drug-likeness (QED) is 0.711. The molecule has 2 aliphatic heterocycles. The van der Waals surface area contributed by atoms with Crippen LogP contribution in [0.2, 0.25) is 0 Å². The minimum Gasteiger partial charge on any atom is -0.447 e. The second kappa shape index (κ2) is 9.32. The van der Waals surface area contributed by atoms with Crippen molar-refractivity contribution >= 4 is 23.5 Å². The highest BCUT2D eigenvalue weighted by Gasteiger charge is 2.34. The summed E-state index contributed by atoms with van der Waals surface area (Å²) in [5.41, 5.74) is 2.47. The van der Waals surface area contributed by atoms with E-state index in [1.165, 1.54) is 30.5 Å². The monoisotopic (exact) mass is 409 g/mol. The lowest BCUT2D eigenvalue weighted by Crippen LogP contribution is -2.34. The summed E-state index contributed by atoms with van der Waals surface area (Å²) >= 11 is 0. The van der Waals surface area contributed by atoms with Gasteiger partial charge in [-0.15, -0.1) is 0 Å². The molecule has 3 heterocycles. The van der Waals surface area contributed by atoms with Crippen LogP contribution in [0.3, 0.4) is 0 Å². The fourth-order valence-electron chi connectivity index (χ4n) is 4.24. The number of aromatic nitrogens is 2. The number of cyclic esters (lactones) is 1. The van der Waals surface area contributed by atoms with E-state index < -0.39 is 0 Å². The topological polar surface area (TPSA) is 70.6 Å². The number of anilines is 3. The van der Waals surface area contributed by atoms with Gasteiger partial charge < -0.3 is 15.0 Å². The predicted octanol–water partition coefficient (Wildman–Crippen LogP) is 4.77. The van der Waals surface area contributed by atoms with E-state index in [9.17, 15) is 4.79 Å². The molecule has 2 atom stereocenters. The van der Waals surface area contributed by atoms with Crippen molar-refractivity contribution in [1.82, 2.24) is 9.97 Å². The molecule has 0 spiro atoms. The molecular weight excluding hydrogens is 378 g/mol. The lowest BCUT2D eigenvalue weighted by Gasteiger charge is -2.29. The van der Waals surface area contributed by atoms with E-state index >= 15 is 0 Å². The zero-order valence-electron chi connectivity index (χ0n) is 17.9. The standard InChI is InChI=1S/C23H31N5O2/c1-3-7-20-16-30-23(29)28(20)21-12-13-24-22(26-21)25-17(2)18-8-10-19(11-9-18)27-14-5-4-6-15-27/h8-13,17,20H,3-7,14-16H2,1-2H3,(H,24,25,26)/t17-,20?/m0/s1. The van der Waals surface area contributed by atoms with Crippen LogP contribution in [0.5, 0.6) is 0 Å². The van der Waals surface area contributed by atoms with Crippen LogP contribution < -0.4 is 15.1 Å². The van der Waals surface area contributed by atoms with E-state index in [2.05, 4.69) is 58.3 Å². The van der Waals surface area contributed by atoms with Gasteiger partial charge in [0, 0.05) is 25.0 Å². The summed E-state index contributed by atoms with van der Waals surface area (Å²) < 4.78 is 5.24. The summed E-state index contributed by atoms with van der Waals surface area (Å²) in [5, 5.41) is 3.37. The molecule has 0 saturated carbocycles. The smallest absolute Gasteiger partial charge is 0.415 e. The lowest BCUT2D eigenvalue weighted by atomic mass is 10.1. The summed E-state index contributed by atoms with van der Waals surface area (Å²) in [5.74, 6) is 1.09. The highest BCUT2D eigenvalue weighted by atomic mass is 16.6. The number of piperidine rings is 1. The van der Waals surface area contributed by atoms with Crippen LogP contribution in [0.25, 0.3) is 0 Å². The van der Waals surface area contributed by atoms with Crippen LogP contribution in [-0.2, 0) is 4.74 Å². The third kappa shape index (κ3) is 4.50. The fourth-order valence-corrected chi connectivity index (χ4v) is 4.24. The van der Waals surface area contributed by atoms with Crippen LogP contribution in [0, 0.1) is 0 Å². The molecule has 2 saturated heterocycles. The number of benzene rings is 1. The van der Waals surface area contributed by atoms with Crippen LogP contribution >= 0.6 is 0 Å². The van der Waals surface area contributed by atoms with E-state index in [1.807, 2.05) is 0 Å². The molecule has 30 heavy (non-hydrogen) atoms. The third-order valence-electron chi connectivity index (χ3n) is 5.93. The summed E-state index contributed by atoms with van der Waals surface area (Å²) in [6.45, 7) is 6.90. The number of rotatable bonds is 7. The SMILES string of the molecule is CCCC1COC(=O)N1c1ccnc(N[C@@H](C)c2ccc(N3CCCCC3)cc2)n1. The summed E-state index contributed by atoms with van der Waals surface area (Å²) in [6.07, 6.45) is 7.11. The van der Waals surface area contributed by atoms with Crippen LogP contribution in [0.15, 0.2) is 36.5 Å². The molecule has 0 aliphatic carbocycles. The maximum atomic E-state index is 12.2. The Morgan fingerprint density at radius 2 is 1.93 bits per heavy atom. The molecule has 2 aromatic rings. The second-order valence-corrected chi connectivity index (χ2v) is 8.13. The van der Waals surface area contributed by atoms with Crippen LogP contribution in [-0.4, -0.2) is 41.8 Å². The van der Waals surface area contributed by atoms with Crippen LogP contribution in [0.1, 0.15) is 57.6 Å². The molecule has 7 nitrogen and oxygen atoms in total. The molecule has 0 bridgehead atoms. The Morgan fingerprint density at radius 1 is 1.17 bits per heavy atom. The molecule has 160 valence electrons. The number of hydrogen-bond acceptors (Lipinski definition) is 6. The van der Waals surface area contributed by atoms with Gasteiger partial charge in [-0.05, 0) is 56.4 Å². The number of carbonyl (C=O) groups is 1. The van der Waals surface area contributed by atoms with Gasteiger partial charge in [0.25, 0.3) is 0 Å². The van der Waals surface area contributed by atoms with Gasteiger partial charge in [0.1, 0.15) is 12.4 Å². The zero-order chi connectivity index (χ0) is 20.9. The van der Waals surface area contributed by atoms with Gasteiger partial charge in [-0.3, -0.25) is 4.90 Å². The van der Waals surface area contributed by atoms with E-state index in [-0.39, 0.29) is 18.2 Å². The Bertz CT molecular complexity index is 851. The Morgan fingerprint density at radius 3 is 2.67 bits per heavy atom. The number of carbonyl (C=O) groups excluding carboxylic acids is 1. The number of nitrogens with zero attached hydrogens (tertiary/aromatic N) is 4. The largest absolute Gasteiger partial charge is 0.447 e. The van der Waals surface area contributed by atoms with Gasteiger partial charge in [0.2, 0.25) is 5.95 Å². The van der Waals surface area contributed by atoms with Gasteiger partial charge in [0.05, 0.1) is 12.1 Å². The highest BCUT2D eigenvalue weighted by Crippen LogP contribution is 2.26. The molecule has 1 amide bonds. The third-order valence-corrected chi connectivity index (χ3v) is 5.93. The maximum Gasteiger partial charge on any atom is 0.415 e. The van der Waals surface area contributed by atoms with Gasteiger partial charge in [0.15, 0.2) is 0 Å². The molecule has 7 heteroatoms. The molecule has 1 aromatic heterocycles. The normalized spacial score (nSPS) is 20.2. The number of amides is 1. The minimum atomic E-state index is -0.334. The van der Waals surface area contributed by atoms with Crippen molar-refractivity contribution in [2.45, 2.75) is 58.0 Å². The number of nitrogens with one attached hydrogen (secondary N) is 1. The van der Waals surface area contributed by atoms with Crippen molar-refractivity contribution in [2.24, 2.45) is 0 Å². The molecule has 0 radical (unpaired) electrons. The van der Waals surface area contributed by atoms with Crippen molar-refractivity contribution in [3.05, 3.63) is 42.1 Å². The highest BCUT2D eigenvalue weighted by molar-refractivity contribution is 5.89. The summed E-state index contributed by atoms with van der Waals surface area (Å²) in [6, 6.07) is 10.6. The summed E-state index contributed by atoms with van der Waals surface area (Å²) in [7, 11) is 0. The van der Waals surface area contributed by atoms with E-state index in [1.54, 1.807) is 17.2 Å². The molecule has 2 fully saturated rings. The Hall–Kier alpha value is -2.83. The second-order valence-electron chi connectivity index (χ2n) is 8.13. The van der Waals surface area contributed by atoms with Crippen molar-refractivity contribution in [2.75, 3.05) is 34.8 Å². The van der Waals surface area contributed by atoms with Gasteiger partial charge in [-0.2, -0.15) is 4.98 Å². The average Bonchev–Trinajstić information content (AvgIpc) is 3.15. The molecular formula is C23H31N5O2. The van der Waals surface area contributed by atoms with Crippen molar-refractivity contribution in [1.29, 1.82) is 0 Å². The average molecular weight is 410 g/mol. The number of hydrogen-bond donors (Lipinski definition) is 1. The van der Waals surface area contributed by atoms with E-state index in [4.69, 9.17) is 4.74 Å². The predicted molar refractivity (Wildman–Crippen MR) is 119 cm³/mol. The molecule has 1 unspecified atom stereocenters. The molecule has 2 aliphatic rings. The molecule has 1 N–H and O–H groups in total. The lowest BCUT2D eigenvalue weighted by molar-refractivity contribution is 0.178. The number of ether oxygens (including phenoxy) is 1. The first-order valence-corrected chi connectivity index (χ1v) is 11.1.